The number of nitrogens with zero attached hydrogens (tertiary/aromatic N) is 4. The van der Waals surface area contributed by atoms with Gasteiger partial charge in [0.1, 0.15) is 17.7 Å². The van der Waals surface area contributed by atoms with Gasteiger partial charge in [-0.3, -0.25) is 0 Å². The van der Waals surface area contributed by atoms with Crippen LogP contribution in [-0.2, 0) is 0 Å². The van der Waals surface area contributed by atoms with Gasteiger partial charge in [-0.1, -0.05) is 35.9 Å². The lowest BCUT2D eigenvalue weighted by Gasteiger charge is -2.13. The van der Waals surface area contributed by atoms with E-state index in [0.717, 1.165) is 39.5 Å². The maximum Gasteiger partial charge on any atom is 0.162 e. The van der Waals surface area contributed by atoms with Gasteiger partial charge in [0.05, 0.1) is 11.1 Å². The first kappa shape index (κ1) is 19.3. The highest BCUT2D eigenvalue weighted by molar-refractivity contribution is 5.90. The zero-order chi connectivity index (χ0) is 20.9. The highest BCUT2D eigenvalue weighted by atomic mass is 15.1. The van der Waals surface area contributed by atoms with Crippen molar-refractivity contribution in [2.24, 2.45) is 0 Å². The van der Waals surface area contributed by atoms with Gasteiger partial charge in [0.2, 0.25) is 0 Å². The van der Waals surface area contributed by atoms with Crippen LogP contribution in [0, 0.1) is 25.2 Å². The molecule has 2 aromatic carbocycles. The monoisotopic (exact) mass is 394 g/mol. The summed E-state index contributed by atoms with van der Waals surface area (Å²) < 4.78 is 0. The molecule has 4 aromatic rings. The molecule has 6 nitrogen and oxygen atoms in total. The summed E-state index contributed by atoms with van der Waals surface area (Å²) in [6.07, 6.45) is 1.56. The Morgan fingerprint density at radius 3 is 2.53 bits per heavy atom. The Bertz CT molecular complexity index is 1220. The van der Waals surface area contributed by atoms with Gasteiger partial charge in [0.15, 0.2) is 5.82 Å². The summed E-state index contributed by atoms with van der Waals surface area (Å²) in [6, 6.07) is 19.9. The van der Waals surface area contributed by atoms with E-state index in [2.05, 4.69) is 53.7 Å². The van der Waals surface area contributed by atoms with Crippen molar-refractivity contribution in [3.63, 3.8) is 0 Å². The minimum absolute atomic E-state index is 0.546. The van der Waals surface area contributed by atoms with Crippen molar-refractivity contribution in [3.8, 4) is 17.5 Å². The molecule has 0 saturated heterocycles. The Balaban J connectivity index is 1.54. The molecule has 0 aliphatic heterocycles. The second kappa shape index (κ2) is 8.58. The van der Waals surface area contributed by atoms with E-state index in [1.54, 1.807) is 18.3 Å². The molecule has 0 atom stereocenters. The van der Waals surface area contributed by atoms with Crippen LogP contribution in [0.1, 0.15) is 16.7 Å². The molecule has 148 valence electrons. The van der Waals surface area contributed by atoms with Crippen molar-refractivity contribution in [2.75, 3.05) is 23.7 Å². The van der Waals surface area contributed by atoms with Crippen LogP contribution in [0.2, 0.25) is 0 Å². The zero-order valence-corrected chi connectivity index (χ0v) is 17.0. The molecule has 4 rings (SSSR count). The number of rotatable bonds is 6. The van der Waals surface area contributed by atoms with Crippen molar-refractivity contribution >= 4 is 22.5 Å². The SMILES string of the molecule is Cc1ccc(-c2nc(NCCNc3ccc(C#N)cn3)c3ccccc3n2)c(C)c1. The van der Waals surface area contributed by atoms with Gasteiger partial charge >= 0.3 is 0 Å². The number of hydrogen-bond acceptors (Lipinski definition) is 6. The number of aromatic nitrogens is 3. The van der Waals surface area contributed by atoms with Crippen LogP contribution < -0.4 is 10.6 Å². The Hall–Kier alpha value is -3.98. The van der Waals surface area contributed by atoms with Crippen LogP contribution in [0.5, 0.6) is 0 Å². The molecule has 0 fully saturated rings. The van der Waals surface area contributed by atoms with Gasteiger partial charge in [0.25, 0.3) is 0 Å². The number of hydrogen-bond donors (Lipinski definition) is 2. The summed E-state index contributed by atoms with van der Waals surface area (Å²) in [5.41, 5.74) is 4.87. The van der Waals surface area contributed by atoms with Crippen LogP contribution in [-0.4, -0.2) is 28.0 Å². The van der Waals surface area contributed by atoms with Crippen molar-refractivity contribution < 1.29 is 0 Å². The average molecular weight is 394 g/mol. The summed E-state index contributed by atoms with van der Waals surface area (Å²) in [7, 11) is 0. The molecule has 0 aliphatic carbocycles. The summed E-state index contributed by atoms with van der Waals surface area (Å²) >= 11 is 0. The van der Waals surface area contributed by atoms with E-state index in [0.29, 0.717) is 18.7 Å². The third-order valence-corrected chi connectivity index (χ3v) is 4.84. The largest absolute Gasteiger partial charge is 0.368 e. The molecule has 0 radical (unpaired) electrons. The third kappa shape index (κ3) is 4.20. The minimum Gasteiger partial charge on any atom is -0.368 e. The van der Waals surface area contributed by atoms with Crippen LogP contribution in [0.15, 0.2) is 60.8 Å². The molecule has 0 aliphatic rings. The molecule has 0 saturated carbocycles. The number of nitriles is 1. The van der Waals surface area contributed by atoms with E-state index in [1.807, 2.05) is 24.3 Å². The second-order valence-electron chi connectivity index (χ2n) is 7.13. The van der Waals surface area contributed by atoms with Crippen LogP contribution in [0.4, 0.5) is 11.6 Å². The third-order valence-electron chi connectivity index (χ3n) is 4.84. The van der Waals surface area contributed by atoms with E-state index < -0.39 is 0 Å². The first-order valence-electron chi connectivity index (χ1n) is 9.82. The molecule has 2 aromatic heterocycles. The normalized spacial score (nSPS) is 10.6. The number of nitrogens with one attached hydrogen (secondary N) is 2. The average Bonchev–Trinajstić information content (AvgIpc) is 2.77. The van der Waals surface area contributed by atoms with Crippen molar-refractivity contribution in [1.82, 2.24) is 15.0 Å². The van der Waals surface area contributed by atoms with E-state index >= 15 is 0 Å². The zero-order valence-electron chi connectivity index (χ0n) is 17.0. The Kier molecular flexibility index (Phi) is 5.53. The summed E-state index contributed by atoms with van der Waals surface area (Å²) in [6.45, 7) is 5.49. The molecular formula is C24H22N6. The first-order chi connectivity index (χ1) is 14.6. The van der Waals surface area contributed by atoms with Crippen molar-refractivity contribution in [2.45, 2.75) is 13.8 Å². The standard InChI is InChI=1S/C24H22N6/c1-16-7-9-19(17(2)13-16)24-29-21-6-4-3-5-20(21)23(30-24)27-12-11-26-22-10-8-18(14-25)15-28-22/h3-10,13,15H,11-12H2,1-2H3,(H,26,28)(H,27,29,30). The predicted octanol–water partition coefficient (Wildman–Crippen LogP) is 4.70. The maximum absolute atomic E-state index is 8.86. The minimum atomic E-state index is 0.546. The fraction of sp³-hybridized carbons (Fsp3) is 0.167. The van der Waals surface area contributed by atoms with Crippen LogP contribution in [0.25, 0.3) is 22.3 Å². The summed E-state index contributed by atoms with van der Waals surface area (Å²) in [5, 5.41) is 16.5. The first-order valence-corrected chi connectivity index (χ1v) is 9.82. The highest BCUT2D eigenvalue weighted by Gasteiger charge is 2.11. The van der Waals surface area contributed by atoms with Crippen LogP contribution >= 0.6 is 0 Å². The van der Waals surface area contributed by atoms with E-state index in [4.69, 9.17) is 15.2 Å². The van der Waals surface area contributed by atoms with E-state index in [9.17, 15) is 0 Å². The van der Waals surface area contributed by atoms with Crippen LogP contribution in [0.3, 0.4) is 0 Å². The molecule has 6 heteroatoms. The number of anilines is 2. The Morgan fingerprint density at radius 2 is 1.77 bits per heavy atom. The van der Waals surface area contributed by atoms with Gasteiger partial charge in [-0.25, -0.2) is 15.0 Å². The molecule has 0 amide bonds. The molecule has 30 heavy (non-hydrogen) atoms. The Morgan fingerprint density at radius 1 is 0.933 bits per heavy atom. The molecule has 2 N–H and O–H groups in total. The van der Waals surface area contributed by atoms with Gasteiger partial charge in [-0.15, -0.1) is 0 Å². The lowest BCUT2D eigenvalue weighted by molar-refractivity contribution is 1.04. The molecule has 0 unspecified atom stereocenters. The number of aryl methyl sites for hydroxylation is 2. The van der Waals surface area contributed by atoms with Crippen molar-refractivity contribution in [1.29, 1.82) is 5.26 Å². The topological polar surface area (TPSA) is 86.5 Å². The van der Waals surface area contributed by atoms with Crippen molar-refractivity contribution in [3.05, 3.63) is 77.5 Å². The predicted molar refractivity (Wildman–Crippen MR) is 120 cm³/mol. The second-order valence-corrected chi connectivity index (χ2v) is 7.13. The molecule has 2 heterocycles. The van der Waals surface area contributed by atoms with E-state index in [-0.39, 0.29) is 0 Å². The quantitative estimate of drug-likeness (QED) is 0.461. The molecular weight excluding hydrogens is 372 g/mol. The van der Waals surface area contributed by atoms with Gasteiger partial charge < -0.3 is 10.6 Å². The maximum atomic E-state index is 8.86. The fourth-order valence-electron chi connectivity index (χ4n) is 3.33. The highest BCUT2D eigenvalue weighted by Crippen LogP contribution is 2.27. The van der Waals surface area contributed by atoms with Gasteiger partial charge in [-0.2, -0.15) is 5.26 Å². The van der Waals surface area contributed by atoms with E-state index in [1.165, 1.54) is 5.56 Å². The smallest absolute Gasteiger partial charge is 0.162 e. The fourth-order valence-corrected chi connectivity index (χ4v) is 3.33. The van der Waals surface area contributed by atoms with Gasteiger partial charge in [-0.05, 0) is 43.7 Å². The number of para-hydroxylation sites is 1. The summed E-state index contributed by atoms with van der Waals surface area (Å²) in [5.74, 6) is 2.26. The lowest BCUT2D eigenvalue weighted by atomic mass is 10.0. The molecule has 0 spiro atoms. The van der Waals surface area contributed by atoms with Gasteiger partial charge in [0, 0.05) is 30.2 Å². The summed E-state index contributed by atoms with van der Waals surface area (Å²) in [4.78, 5) is 13.8. The number of fused-ring (bicyclic) bond motifs is 1. The lowest BCUT2D eigenvalue weighted by Crippen LogP contribution is -2.15. The number of pyridine rings is 1. The Labute approximate surface area is 175 Å². The number of benzene rings is 2. The molecule has 0 bridgehead atoms.